The van der Waals surface area contributed by atoms with E-state index in [0.717, 1.165) is 57.8 Å². The third kappa shape index (κ3) is 34.2. The normalized spacial score (nSPS) is 13.7. The molecule has 0 aliphatic heterocycles. The van der Waals surface area contributed by atoms with Crippen LogP contribution in [-0.4, -0.2) is 42.8 Å². The van der Waals surface area contributed by atoms with Crippen LogP contribution >= 0.6 is 7.82 Å². The minimum absolute atomic E-state index is 0.000903. The fourth-order valence-electron chi connectivity index (χ4n) is 5.19. The van der Waals surface area contributed by atoms with E-state index in [4.69, 9.17) is 18.5 Å². The second kappa shape index (κ2) is 34.4. The third-order valence-electron chi connectivity index (χ3n) is 8.01. The van der Waals surface area contributed by atoms with Crippen molar-refractivity contribution < 1.29 is 37.6 Å². The highest BCUT2D eigenvalue weighted by molar-refractivity contribution is 7.47. The lowest BCUT2D eigenvalue weighted by atomic mass is 10.0. The predicted octanol–water partition coefficient (Wildman–Crippen LogP) is 11.5. The van der Waals surface area contributed by atoms with E-state index in [1.165, 1.54) is 83.5 Å². The summed E-state index contributed by atoms with van der Waals surface area (Å²) in [5.41, 5.74) is 0. The lowest BCUT2D eigenvalue weighted by Crippen LogP contribution is -2.29. The van der Waals surface area contributed by atoms with Crippen LogP contribution in [0.25, 0.3) is 0 Å². The minimum Gasteiger partial charge on any atom is -0.462 e. The van der Waals surface area contributed by atoms with Crippen LogP contribution in [0.4, 0.5) is 0 Å². The number of unbranched alkanes of at least 4 members (excludes halogenated alkanes) is 19. The molecule has 47 heavy (non-hydrogen) atoms. The van der Waals surface area contributed by atoms with E-state index >= 15 is 0 Å². The molecule has 2 atom stereocenters. The van der Waals surface area contributed by atoms with Crippen molar-refractivity contribution in [3.8, 4) is 0 Å². The smallest absolute Gasteiger partial charge is 0.462 e. The Morgan fingerprint density at radius 1 is 0.574 bits per heavy atom. The van der Waals surface area contributed by atoms with Crippen LogP contribution in [0.1, 0.15) is 181 Å². The van der Waals surface area contributed by atoms with E-state index < -0.39 is 26.5 Å². The van der Waals surface area contributed by atoms with Gasteiger partial charge in [0.15, 0.2) is 6.10 Å². The standard InChI is InChI=1S/C38H71O8P/c1-4-7-9-11-13-15-17-19-20-21-23-25-27-29-31-33-38(40)46-36(35-45-47(41,42)44-6-3)34-43-37(39)32-30-28-26-24-22-18-16-14-12-10-8-5-2/h13,15,19-20,36H,4-12,14,16-18,21-35H2,1-3H3,(H,41,42)/b15-13-,20-19-. The lowest BCUT2D eigenvalue weighted by Gasteiger charge is -2.19. The molecule has 276 valence electrons. The molecule has 0 spiro atoms. The van der Waals surface area contributed by atoms with E-state index in [2.05, 4.69) is 38.2 Å². The summed E-state index contributed by atoms with van der Waals surface area (Å²) >= 11 is 0. The number of hydrogen-bond donors (Lipinski definition) is 1. The number of allylic oxidation sites excluding steroid dienone is 4. The first-order chi connectivity index (χ1) is 22.8. The maximum Gasteiger partial charge on any atom is 0.472 e. The predicted molar refractivity (Wildman–Crippen MR) is 193 cm³/mol. The summed E-state index contributed by atoms with van der Waals surface area (Å²) in [6.45, 7) is 5.42. The fraction of sp³-hybridized carbons (Fsp3) is 0.842. The largest absolute Gasteiger partial charge is 0.472 e. The Labute approximate surface area is 288 Å². The second-order valence-corrected chi connectivity index (χ2v) is 14.1. The third-order valence-corrected chi connectivity index (χ3v) is 9.07. The van der Waals surface area contributed by atoms with E-state index in [0.29, 0.717) is 12.8 Å². The zero-order valence-corrected chi connectivity index (χ0v) is 31.3. The van der Waals surface area contributed by atoms with Gasteiger partial charge in [-0.15, -0.1) is 0 Å². The summed E-state index contributed by atoms with van der Waals surface area (Å²) in [7, 11) is -4.27. The highest BCUT2D eigenvalue weighted by Gasteiger charge is 2.25. The molecular weight excluding hydrogens is 615 g/mol. The van der Waals surface area contributed by atoms with Gasteiger partial charge < -0.3 is 14.4 Å². The van der Waals surface area contributed by atoms with E-state index in [-0.39, 0.29) is 25.6 Å². The molecule has 0 rings (SSSR count). The average molecular weight is 687 g/mol. The van der Waals surface area contributed by atoms with Crippen LogP contribution in [-0.2, 0) is 32.7 Å². The Bertz CT molecular complexity index is 829. The molecule has 0 amide bonds. The number of ether oxygens (including phenoxy) is 2. The average Bonchev–Trinajstić information content (AvgIpc) is 3.04. The maximum absolute atomic E-state index is 12.5. The number of carbonyl (C=O) groups excluding carboxylic acids is 2. The van der Waals surface area contributed by atoms with Crippen LogP contribution in [0.3, 0.4) is 0 Å². The highest BCUT2D eigenvalue weighted by atomic mass is 31.2. The second-order valence-electron chi connectivity index (χ2n) is 12.6. The molecule has 0 saturated carbocycles. The van der Waals surface area contributed by atoms with Crippen LogP contribution in [0.2, 0.25) is 0 Å². The first kappa shape index (κ1) is 45.5. The highest BCUT2D eigenvalue weighted by Crippen LogP contribution is 2.43. The topological polar surface area (TPSA) is 108 Å². The summed E-state index contributed by atoms with van der Waals surface area (Å²) in [6, 6.07) is 0. The van der Waals surface area contributed by atoms with Gasteiger partial charge in [0.25, 0.3) is 0 Å². The van der Waals surface area contributed by atoms with Crippen LogP contribution in [0, 0.1) is 0 Å². The molecule has 0 aliphatic carbocycles. The zero-order chi connectivity index (χ0) is 34.7. The monoisotopic (exact) mass is 686 g/mol. The van der Waals surface area contributed by atoms with Gasteiger partial charge in [-0.25, -0.2) is 4.57 Å². The molecule has 0 aromatic carbocycles. The Morgan fingerprint density at radius 3 is 1.55 bits per heavy atom. The summed E-state index contributed by atoms with van der Waals surface area (Å²) in [6.07, 6.45) is 35.1. The molecular formula is C38H71O8P. The van der Waals surface area contributed by atoms with Gasteiger partial charge in [0, 0.05) is 12.8 Å². The van der Waals surface area contributed by atoms with Crippen LogP contribution in [0.15, 0.2) is 24.3 Å². The van der Waals surface area contributed by atoms with Gasteiger partial charge in [-0.1, -0.05) is 141 Å². The Hall–Kier alpha value is -1.47. The Kier molecular flexibility index (Phi) is 33.3. The molecule has 0 saturated heterocycles. The molecule has 2 unspecified atom stereocenters. The van der Waals surface area contributed by atoms with Crippen molar-refractivity contribution in [1.82, 2.24) is 0 Å². The van der Waals surface area contributed by atoms with Crippen LogP contribution < -0.4 is 0 Å². The summed E-state index contributed by atoms with van der Waals surface area (Å²) in [5.74, 6) is -0.811. The zero-order valence-electron chi connectivity index (χ0n) is 30.4. The van der Waals surface area contributed by atoms with Crippen molar-refractivity contribution >= 4 is 19.8 Å². The minimum atomic E-state index is -4.27. The van der Waals surface area contributed by atoms with Crippen molar-refractivity contribution in [2.24, 2.45) is 0 Å². The van der Waals surface area contributed by atoms with Gasteiger partial charge >= 0.3 is 19.8 Å². The fourth-order valence-corrected chi connectivity index (χ4v) is 5.94. The maximum atomic E-state index is 12.5. The van der Waals surface area contributed by atoms with E-state index in [1.54, 1.807) is 6.92 Å². The number of phosphoric acid groups is 1. The van der Waals surface area contributed by atoms with Crippen molar-refractivity contribution in [1.29, 1.82) is 0 Å². The van der Waals surface area contributed by atoms with Crippen molar-refractivity contribution in [2.45, 2.75) is 187 Å². The van der Waals surface area contributed by atoms with E-state index in [1.807, 2.05) is 0 Å². The molecule has 0 heterocycles. The quantitative estimate of drug-likeness (QED) is 0.0304. The van der Waals surface area contributed by atoms with Gasteiger partial charge in [-0.2, -0.15) is 0 Å². The van der Waals surface area contributed by atoms with Gasteiger partial charge in [-0.05, 0) is 51.9 Å². The summed E-state index contributed by atoms with van der Waals surface area (Å²) in [4.78, 5) is 34.6. The molecule has 0 bridgehead atoms. The number of rotatable bonds is 35. The Balaban J connectivity index is 4.17. The first-order valence-electron chi connectivity index (χ1n) is 19.1. The van der Waals surface area contributed by atoms with Gasteiger partial charge in [0.05, 0.1) is 13.2 Å². The molecule has 1 N–H and O–H groups in total. The van der Waals surface area contributed by atoms with Gasteiger partial charge in [0.2, 0.25) is 0 Å². The Morgan fingerprint density at radius 2 is 1.02 bits per heavy atom. The van der Waals surface area contributed by atoms with Crippen molar-refractivity contribution in [3.63, 3.8) is 0 Å². The number of esters is 2. The molecule has 0 aromatic rings. The van der Waals surface area contributed by atoms with Gasteiger partial charge in [-0.3, -0.25) is 18.6 Å². The summed E-state index contributed by atoms with van der Waals surface area (Å²) in [5, 5.41) is 0. The van der Waals surface area contributed by atoms with Crippen molar-refractivity contribution in [2.75, 3.05) is 19.8 Å². The molecule has 9 heteroatoms. The SMILES string of the molecule is CCCCC/C=C\C/C=C\CCCCCCCC(=O)OC(COC(=O)CCCCCCCCCCCCCC)COP(=O)(O)OCC. The lowest BCUT2D eigenvalue weighted by molar-refractivity contribution is -0.161. The molecule has 0 fully saturated rings. The molecule has 0 aliphatic rings. The number of carbonyl (C=O) groups is 2. The number of hydrogen-bond acceptors (Lipinski definition) is 7. The number of phosphoric ester groups is 1. The van der Waals surface area contributed by atoms with E-state index in [9.17, 15) is 19.0 Å². The van der Waals surface area contributed by atoms with Gasteiger partial charge in [0.1, 0.15) is 6.61 Å². The first-order valence-corrected chi connectivity index (χ1v) is 20.6. The molecule has 0 radical (unpaired) electrons. The van der Waals surface area contributed by atoms with Crippen molar-refractivity contribution in [3.05, 3.63) is 24.3 Å². The van der Waals surface area contributed by atoms with Crippen LogP contribution in [0.5, 0.6) is 0 Å². The molecule has 8 nitrogen and oxygen atoms in total. The summed E-state index contributed by atoms with van der Waals surface area (Å²) < 4.78 is 32.5. The molecule has 0 aromatic heterocycles.